The van der Waals surface area contributed by atoms with E-state index in [1.165, 1.54) is 5.69 Å². The van der Waals surface area contributed by atoms with Crippen LogP contribution in [0.15, 0.2) is 30.3 Å². The summed E-state index contributed by atoms with van der Waals surface area (Å²) in [5.74, 6) is 0.198. The molecule has 0 aromatic heterocycles. The van der Waals surface area contributed by atoms with Crippen LogP contribution in [-0.2, 0) is 4.79 Å². The predicted octanol–water partition coefficient (Wildman–Crippen LogP) is 1.88. The van der Waals surface area contributed by atoms with Gasteiger partial charge in [-0.1, -0.05) is 18.2 Å². The number of nitrogens with zero attached hydrogens (tertiary/aromatic N) is 2. The van der Waals surface area contributed by atoms with Crippen molar-refractivity contribution in [2.24, 2.45) is 5.73 Å². The zero-order valence-electron chi connectivity index (χ0n) is 12.0. The van der Waals surface area contributed by atoms with E-state index in [9.17, 15) is 4.79 Å². The lowest BCUT2D eigenvalue weighted by Gasteiger charge is -2.37. The topological polar surface area (TPSA) is 49.6 Å². The Bertz CT molecular complexity index is 405. The van der Waals surface area contributed by atoms with Crippen LogP contribution in [0, 0.1) is 0 Å². The fourth-order valence-electron chi connectivity index (χ4n) is 2.66. The number of likely N-dealkylation sites (tertiary alicyclic amines) is 1. The van der Waals surface area contributed by atoms with Gasteiger partial charge in [-0.3, -0.25) is 4.79 Å². The normalized spacial score (nSPS) is 15.6. The van der Waals surface area contributed by atoms with Gasteiger partial charge in [0.05, 0.1) is 0 Å². The molecule has 0 bridgehead atoms. The van der Waals surface area contributed by atoms with E-state index in [0.717, 1.165) is 25.9 Å². The van der Waals surface area contributed by atoms with Gasteiger partial charge in [0.2, 0.25) is 5.91 Å². The molecule has 2 N–H and O–H groups in total. The van der Waals surface area contributed by atoms with Crippen LogP contribution in [-0.4, -0.2) is 43.5 Å². The fraction of sp³-hybridized carbons (Fsp3) is 0.533. The van der Waals surface area contributed by atoms with Crippen molar-refractivity contribution < 1.29 is 4.79 Å². The third-order valence-electron chi connectivity index (χ3n) is 3.89. The van der Waals surface area contributed by atoms with Gasteiger partial charge in [0.15, 0.2) is 0 Å². The maximum atomic E-state index is 11.8. The van der Waals surface area contributed by atoms with E-state index in [1.807, 2.05) is 11.0 Å². The highest BCUT2D eigenvalue weighted by Gasteiger charge is 2.24. The Kier molecular flexibility index (Phi) is 6.82. The van der Waals surface area contributed by atoms with Crippen molar-refractivity contribution in [1.29, 1.82) is 0 Å². The minimum atomic E-state index is 0. The van der Waals surface area contributed by atoms with Crippen molar-refractivity contribution >= 4 is 24.0 Å². The first-order valence-corrected chi connectivity index (χ1v) is 6.98. The summed E-state index contributed by atoms with van der Waals surface area (Å²) < 4.78 is 0. The number of benzene rings is 1. The molecule has 1 aliphatic rings. The third-order valence-corrected chi connectivity index (χ3v) is 3.89. The van der Waals surface area contributed by atoms with Gasteiger partial charge >= 0.3 is 0 Å². The van der Waals surface area contributed by atoms with Crippen LogP contribution in [0.2, 0.25) is 0 Å². The monoisotopic (exact) mass is 297 g/mol. The molecule has 1 aromatic rings. The number of carbonyl (C=O) groups is 1. The fourth-order valence-corrected chi connectivity index (χ4v) is 2.66. The largest absolute Gasteiger partial charge is 0.371 e. The summed E-state index contributed by atoms with van der Waals surface area (Å²) >= 11 is 0. The second-order valence-corrected chi connectivity index (χ2v) is 5.10. The highest BCUT2D eigenvalue weighted by molar-refractivity contribution is 5.85. The zero-order valence-corrected chi connectivity index (χ0v) is 12.8. The van der Waals surface area contributed by atoms with E-state index in [2.05, 4.69) is 36.2 Å². The third kappa shape index (κ3) is 4.12. The quantitative estimate of drug-likeness (QED) is 0.923. The maximum absolute atomic E-state index is 11.8. The summed E-state index contributed by atoms with van der Waals surface area (Å²) in [7, 11) is 2.14. The van der Waals surface area contributed by atoms with Crippen molar-refractivity contribution in [1.82, 2.24) is 4.90 Å². The molecule has 20 heavy (non-hydrogen) atoms. The number of carbonyl (C=O) groups excluding carboxylic acids is 1. The molecular weight excluding hydrogens is 274 g/mol. The minimum absolute atomic E-state index is 0. The number of piperidine rings is 1. The number of para-hydroxylation sites is 1. The summed E-state index contributed by atoms with van der Waals surface area (Å²) in [4.78, 5) is 16.0. The highest BCUT2D eigenvalue weighted by atomic mass is 35.5. The minimum Gasteiger partial charge on any atom is -0.371 e. The number of hydrogen-bond acceptors (Lipinski definition) is 3. The number of anilines is 1. The number of hydrogen-bond donors (Lipinski definition) is 1. The molecule has 0 unspecified atom stereocenters. The average Bonchev–Trinajstić information content (AvgIpc) is 2.48. The Labute approximate surface area is 127 Å². The molecule has 1 aromatic carbocycles. The van der Waals surface area contributed by atoms with Crippen LogP contribution in [0.5, 0.6) is 0 Å². The predicted molar refractivity (Wildman–Crippen MR) is 85.4 cm³/mol. The second-order valence-electron chi connectivity index (χ2n) is 5.10. The van der Waals surface area contributed by atoms with E-state index in [-0.39, 0.29) is 18.3 Å². The van der Waals surface area contributed by atoms with Gasteiger partial charge < -0.3 is 15.5 Å². The molecule has 0 radical (unpaired) electrons. The van der Waals surface area contributed by atoms with Crippen molar-refractivity contribution in [3.63, 3.8) is 0 Å². The summed E-state index contributed by atoms with van der Waals surface area (Å²) in [6.45, 7) is 2.14. The van der Waals surface area contributed by atoms with Crippen LogP contribution < -0.4 is 10.6 Å². The molecule has 1 saturated heterocycles. The molecule has 0 aliphatic carbocycles. The van der Waals surface area contributed by atoms with Crippen molar-refractivity contribution in [3.05, 3.63) is 30.3 Å². The smallest absolute Gasteiger partial charge is 0.223 e. The molecule has 0 saturated carbocycles. The van der Waals surface area contributed by atoms with E-state index in [1.54, 1.807) is 0 Å². The van der Waals surface area contributed by atoms with Gasteiger partial charge in [0.1, 0.15) is 0 Å². The standard InChI is InChI=1S/C15H23N3O.ClH/c1-17(13-5-3-2-4-6-13)14-8-11-18(12-9-14)15(19)7-10-16;/h2-6,14H,7-12,16H2,1H3;1H. The van der Waals surface area contributed by atoms with Crippen LogP contribution in [0.1, 0.15) is 19.3 Å². The second kappa shape index (κ2) is 8.12. The Hall–Kier alpha value is -1.26. The van der Waals surface area contributed by atoms with Crippen molar-refractivity contribution in [2.45, 2.75) is 25.3 Å². The van der Waals surface area contributed by atoms with Gasteiger partial charge in [-0.2, -0.15) is 0 Å². The zero-order chi connectivity index (χ0) is 13.7. The lowest BCUT2D eigenvalue weighted by atomic mass is 10.0. The lowest BCUT2D eigenvalue weighted by Crippen LogP contribution is -2.46. The maximum Gasteiger partial charge on any atom is 0.223 e. The van der Waals surface area contributed by atoms with Gasteiger partial charge in [-0.25, -0.2) is 0 Å². The molecule has 1 fully saturated rings. The van der Waals surface area contributed by atoms with E-state index < -0.39 is 0 Å². The summed E-state index contributed by atoms with van der Waals surface area (Å²) in [6.07, 6.45) is 2.53. The number of nitrogens with two attached hydrogens (primary N) is 1. The molecule has 5 heteroatoms. The first kappa shape index (κ1) is 16.8. The van der Waals surface area contributed by atoms with Crippen molar-refractivity contribution in [2.75, 3.05) is 31.6 Å². The number of halogens is 1. The Balaban J connectivity index is 0.00000200. The lowest BCUT2D eigenvalue weighted by molar-refractivity contribution is -0.132. The van der Waals surface area contributed by atoms with E-state index in [4.69, 9.17) is 5.73 Å². The van der Waals surface area contributed by atoms with E-state index >= 15 is 0 Å². The summed E-state index contributed by atoms with van der Waals surface area (Å²) in [5.41, 5.74) is 6.68. The molecule has 4 nitrogen and oxygen atoms in total. The Morgan fingerprint density at radius 3 is 2.45 bits per heavy atom. The van der Waals surface area contributed by atoms with Crippen LogP contribution in [0.3, 0.4) is 0 Å². The molecule has 2 rings (SSSR count). The van der Waals surface area contributed by atoms with Gasteiger partial charge in [-0.05, 0) is 25.0 Å². The van der Waals surface area contributed by atoms with Crippen molar-refractivity contribution in [3.8, 4) is 0 Å². The van der Waals surface area contributed by atoms with Crippen LogP contribution >= 0.6 is 12.4 Å². The Morgan fingerprint density at radius 2 is 1.90 bits per heavy atom. The average molecular weight is 298 g/mol. The number of amides is 1. The molecule has 1 amide bonds. The van der Waals surface area contributed by atoms with Gasteiger partial charge in [0.25, 0.3) is 0 Å². The molecule has 1 heterocycles. The molecule has 0 atom stereocenters. The molecular formula is C15H24ClN3O. The van der Waals surface area contributed by atoms with Gasteiger partial charge in [0, 0.05) is 44.8 Å². The van der Waals surface area contributed by atoms with E-state index in [0.29, 0.717) is 19.0 Å². The van der Waals surface area contributed by atoms with Crippen LogP contribution in [0.25, 0.3) is 0 Å². The first-order chi connectivity index (χ1) is 9.22. The highest BCUT2D eigenvalue weighted by Crippen LogP contribution is 2.21. The summed E-state index contributed by atoms with van der Waals surface area (Å²) in [6, 6.07) is 10.9. The van der Waals surface area contributed by atoms with Gasteiger partial charge in [-0.15, -0.1) is 12.4 Å². The first-order valence-electron chi connectivity index (χ1n) is 6.98. The number of rotatable bonds is 4. The summed E-state index contributed by atoms with van der Waals surface area (Å²) in [5, 5.41) is 0. The Morgan fingerprint density at radius 1 is 1.30 bits per heavy atom. The van der Waals surface area contributed by atoms with Crippen LogP contribution in [0.4, 0.5) is 5.69 Å². The molecule has 1 aliphatic heterocycles. The molecule has 112 valence electrons. The molecule has 0 spiro atoms. The SMILES string of the molecule is CN(c1ccccc1)C1CCN(C(=O)CCN)CC1.Cl.